The number of carbonyl (C=O) groups excluding carboxylic acids is 1. The van der Waals surface area contributed by atoms with Crippen LogP contribution in [-0.4, -0.2) is 44.2 Å². The molecule has 7 heteroatoms. The lowest BCUT2D eigenvalue weighted by Crippen LogP contribution is -2.47. The molecule has 5 rings (SSSR count). The zero-order chi connectivity index (χ0) is 22.2. The van der Waals surface area contributed by atoms with Crippen LogP contribution in [-0.2, 0) is 17.9 Å². The Bertz CT molecular complexity index is 1080. The molecule has 32 heavy (non-hydrogen) atoms. The lowest BCUT2D eigenvalue weighted by Gasteiger charge is -2.38. The third-order valence-electron chi connectivity index (χ3n) is 7.41. The number of aliphatic hydroxyl groups excluding tert-OH is 1. The Labute approximate surface area is 187 Å². The van der Waals surface area contributed by atoms with Gasteiger partial charge in [0, 0.05) is 61.3 Å². The van der Waals surface area contributed by atoms with Crippen LogP contribution in [0.2, 0.25) is 0 Å². The molecule has 0 unspecified atom stereocenters. The predicted octanol–water partition coefficient (Wildman–Crippen LogP) is 2.11. The number of aliphatic hydroxyl groups is 1. The van der Waals surface area contributed by atoms with Crippen LogP contribution >= 0.6 is 0 Å². The number of carbonyl (C=O) groups is 1. The van der Waals surface area contributed by atoms with Gasteiger partial charge < -0.3 is 15.0 Å². The minimum Gasteiger partial charge on any atom is -0.396 e. The van der Waals surface area contributed by atoms with Crippen LogP contribution in [0.25, 0.3) is 6.08 Å². The largest absolute Gasteiger partial charge is 0.396 e. The van der Waals surface area contributed by atoms with E-state index in [0.29, 0.717) is 18.7 Å². The molecule has 2 aliphatic heterocycles. The van der Waals surface area contributed by atoms with Gasteiger partial charge in [0.2, 0.25) is 5.91 Å². The van der Waals surface area contributed by atoms with E-state index in [2.05, 4.69) is 15.2 Å². The van der Waals surface area contributed by atoms with Gasteiger partial charge in [-0.15, -0.1) is 0 Å². The first-order chi connectivity index (χ1) is 15.6. The van der Waals surface area contributed by atoms with Gasteiger partial charge in [-0.05, 0) is 56.0 Å². The lowest BCUT2D eigenvalue weighted by molar-refractivity contribution is -0.128. The van der Waals surface area contributed by atoms with Crippen molar-refractivity contribution in [3.63, 3.8) is 0 Å². The van der Waals surface area contributed by atoms with E-state index in [1.54, 1.807) is 12.4 Å². The zero-order valence-corrected chi connectivity index (χ0v) is 18.4. The van der Waals surface area contributed by atoms with E-state index < -0.39 is 5.92 Å². The second-order valence-corrected chi connectivity index (χ2v) is 9.18. The number of hydrogen-bond donors (Lipinski definition) is 2. The van der Waals surface area contributed by atoms with Gasteiger partial charge in [-0.1, -0.05) is 12.2 Å². The van der Waals surface area contributed by atoms with Crippen molar-refractivity contribution in [2.24, 2.45) is 11.8 Å². The zero-order valence-electron chi connectivity index (χ0n) is 18.4. The number of nitrogens with one attached hydrogen (secondary N) is 1. The number of fused-ring (bicyclic) bond motifs is 4. The Morgan fingerprint density at radius 3 is 2.69 bits per heavy atom. The second kappa shape index (κ2) is 8.64. The summed E-state index contributed by atoms with van der Waals surface area (Å²) in [5.74, 6) is -0.626. The van der Waals surface area contributed by atoms with Gasteiger partial charge in [0.15, 0.2) is 0 Å². The topological polar surface area (TPSA) is 87.5 Å². The summed E-state index contributed by atoms with van der Waals surface area (Å²) in [5, 5.41) is 13.6. The smallest absolute Gasteiger partial charge is 0.258 e. The Kier molecular flexibility index (Phi) is 5.69. The maximum Gasteiger partial charge on any atom is 0.258 e. The SMILES string of the molecule is C/C=C/c1ccc2n(c1=O)C[C@H]1[C@H](CO)[C@@H](C(=O)NC3CCC3)[C@@H]2N1Cc1ccncc1. The van der Waals surface area contributed by atoms with Crippen molar-refractivity contribution in [3.8, 4) is 0 Å². The van der Waals surface area contributed by atoms with E-state index in [4.69, 9.17) is 0 Å². The fraction of sp³-hybridized carbons (Fsp3) is 0.480. The number of hydrogen-bond acceptors (Lipinski definition) is 5. The normalized spacial score (nSPS) is 27.3. The number of amides is 1. The molecule has 1 saturated carbocycles. The molecule has 0 spiro atoms. The Hall–Kier alpha value is -2.77. The molecule has 2 N–H and O–H groups in total. The van der Waals surface area contributed by atoms with Crippen molar-refractivity contribution in [2.45, 2.75) is 57.4 Å². The van der Waals surface area contributed by atoms with Gasteiger partial charge in [0.05, 0.1) is 12.0 Å². The third-order valence-corrected chi connectivity index (χ3v) is 7.41. The van der Waals surface area contributed by atoms with Gasteiger partial charge in [-0.2, -0.15) is 0 Å². The number of pyridine rings is 2. The Morgan fingerprint density at radius 1 is 1.25 bits per heavy atom. The third kappa shape index (κ3) is 3.49. The fourth-order valence-corrected chi connectivity index (χ4v) is 5.61. The first-order valence-electron chi connectivity index (χ1n) is 11.5. The van der Waals surface area contributed by atoms with E-state index >= 15 is 0 Å². The first kappa shape index (κ1) is 21.1. The van der Waals surface area contributed by atoms with E-state index in [1.807, 2.05) is 47.9 Å². The molecule has 4 heterocycles. The van der Waals surface area contributed by atoms with Crippen LogP contribution in [0.15, 0.2) is 47.5 Å². The number of aromatic nitrogens is 2. The van der Waals surface area contributed by atoms with Gasteiger partial charge in [-0.25, -0.2) is 0 Å². The highest BCUT2D eigenvalue weighted by atomic mass is 16.3. The second-order valence-electron chi connectivity index (χ2n) is 9.18. The predicted molar refractivity (Wildman–Crippen MR) is 122 cm³/mol. The van der Waals surface area contributed by atoms with E-state index in [0.717, 1.165) is 30.5 Å². The number of allylic oxidation sites excluding steroid dienone is 1. The van der Waals surface area contributed by atoms with Crippen molar-refractivity contribution in [2.75, 3.05) is 6.61 Å². The fourth-order valence-electron chi connectivity index (χ4n) is 5.61. The summed E-state index contributed by atoms with van der Waals surface area (Å²) in [7, 11) is 0. The molecule has 1 amide bonds. The summed E-state index contributed by atoms with van der Waals surface area (Å²) in [6, 6.07) is 7.68. The summed E-state index contributed by atoms with van der Waals surface area (Å²) in [5.41, 5.74) is 2.58. The molecular weight excluding hydrogens is 404 g/mol. The first-order valence-corrected chi connectivity index (χ1v) is 11.5. The molecule has 2 fully saturated rings. The molecule has 0 radical (unpaired) electrons. The molecule has 1 aliphatic carbocycles. The van der Waals surface area contributed by atoms with Crippen molar-refractivity contribution in [3.05, 3.63) is 69.9 Å². The maximum atomic E-state index is 13.5. The van der Waals surface area contributed by atoms with Crippen molar-refractivity contribution in [1.82, 2.24) is 19.8 Å². The molecule has 2 bridgehead atoms. The van der Waals surface area contributed by atoms with Crippen LogP contribution in [0.3, 0.4) is 0 Å². The average molecular weight is 435 g/mol. The number of nitrogens with zero attached hydrogens (tertiary/aromatic N) is 3. The van der Waals surface area contributed by atoms with Crippen molar-refractivity contribution >= 4 is 12.0 Å². The minimum absolute atomic E-state index is 0.000548. The van der Waals surface area contributed by atoms with Crippen molar-refractivity contribution in [1.29, 1.82) is 0 Å². The van der Waals surface area contributed by atoms with E-state index in [-0.39, 0.29) is 42.1 Å². The van der Waals surface area contributed by atoms with Gasteiger partial charge >= 0.3 is 0 Å². The van der Waals surface area contributed by atoms with Gasteiger partial charge in [0.25, 0.3) is 5.56 Å². The van der Waals surface area contributed by atoms with Gasteiger partial charge in [0.1, 0.15) is 0 Å². The average Bonchev–Trinajstić information content (AvgIpc) is 2.98. The lowest BCUT2D eigenvalue weighted by atomic mass is 9.85. The summed E-state index contributed by atoms with van der Waals surface area (Å²) in [6.45, 7) is 2.93. The summed E-state index contributed by atoms with van der Waals surface area (Å²) in [6.07, 6.45) is 10.4. The Balaban J connectivity index is 1.58. The summed E-state index contributed by atoms with van der Waals surface area (Å²) >= 11 is 0. The molecule has 3 aliphatic rings. The van der Waals surface area contributed by atoms with Crippen LogP contribution in [0.4, 0.5) is 0 Å². The van der Waals surface area contributed by atoms with Crippen LogP contribution in [0.1, 0.15) is 49.0 Å². The molecule has 1 saturated heterocycles. The highest BCUT2D eigenvalue weighted by Gasteiger charge is 2.55. The minimum atomic E-state index is -0.395. The van der Waals surface area contributed by atoms with Crippen molar-refractivity contribution < 1.29 is 9.90 Å². The highest BCUT2D eigenvalue weighted by molar-refractivity contribution is 5.81. The van der Waals surface area contributed by atoms with E-state index in [1.165, 1.54) is 0 Å². The highest BCUT2D eigenvalue weighted by Crippen LogP contribution is 2.49. The molecule has 168 valence electrons. The van der Waals surface area contributed by atoms with Gasteiger partial charge in [-0.3, -0.25) is 19.5 Å². The van der Waals surface area contributed by atoms with Crippen LogP contribution in [0, 0.1) is 11.8 Å². The van der Waals surface area contributed by atoms with Crippen LogP contribution < -0.4 is 10.9 Å². The maximum absolute atomic E-state index is 13.5. The van der Waals surface area contributed by atoms with Crippen LogP contribution in [0.5, 0.6) is 0 Å². The standard InChI is InChI=1S/C25H30N4O3/c1-2-4-17-7-8-20-23-22(24(31)27-18-5-3-6-18)19(15-30)21(14-29(20)25(17)32)28(23)13-16-9-11-26-12-10-16/h2,4,7-12,18-19,21-23,30H,3,5-6,13-15H2,1H3,(H,27,31)/b4-2+/t19-,21-,22+,23+/m0/s1. The number of rotatable bonds is 6. The molecule has 7 nitrogen and oxygen atoms in total. The Morgan fingerprint density at radius 2 is 2.03 bits per heavy atom. The monoisotopic (exact) mass is 434 g/mol. The molecular formula is C25H30N4O3. The quantitative estimate of drug-likeness (QED) is 0.727. The molecule has 2 aromatic heterocycles. The molecule has 0 aromatic carbocycles. The summed E-state index contributed by atoms with van der Waals surface area (Å²) in [4.78, 5) is 33.1. The summed E-state index contributed by atoms with van der Waals surface area (Å²) < 4.78 is 1.83. The molecule has 4 atom stereocenters. The molecule has 2 aromatic rings. The van der Waals surface area contributed by atoms with E-state index in [9.17, 15) is 14.7 Å².